The van der Waals surface area contributed by atoms with Crippen LogP contribution in [-0.2, 0) is 19.6 Å². The average molecular weight is 436 g/mol. The van der Waals surface area contributed by atoms with Crippen LogP contribution in [0.3, 0.4) is 0 Å². The lowest BCUT2D eigenvalue weighted by Crippen LogP contribution is -2.46. The Labute approximate surface area is 171 Å². The molecule has 1 aromatic rings. The fraction of sp³-hybridized carbons (Fsp3) is 0.529. The van der Waals surface area contributed by atoms with Crippen LogP contribution in [0.2, 0.25) is 0 Å². The van der Waals surface area contributed by atoms with E-state index in [2.05, 4.69) is 10.1 Å². The van der Waals surface area contributed by atoms with E-state index in [1.807, 2.05) is 0 Å². The summed E-state index contributed by atoms with van der Waals surface area (Å²) in [5.41, 5.74) is 5.41. The van der Waals surface area contributed by atoms with Crippen LogP contribution in [0.1, 0.15) is 23.2 Å². The predicted octanol–water partition coefficient (Wildman–Crippen LogP) is 0.379. The van der Waals surface area contributed by atoms with Crippen LogP contribution >= 0.6 is 12.4 Å². The first kappa shape index (κ1) is 24.2. The second kappa shape index (κ2) is 10.6. The van der Waals surface area contributed by atoms with Gasteiger partial charge in [0.25, 0.3) is 0 Å². The Morgan fingerprint density at radius 3 is 2.64 bits per heavy atom. The summed E-state index contributed by atoms with van der Waals surface area (Å²) in [5, 5.41) is 2.70. The quantitative estimate of drug-likeness (QED) is 0.592. The summed E-state index contributed by atoms with van der Waals surface area (Å²) in [6, 6.07) is 4.02. The number of hydrogen-bond donors (Lipinski definition) is 2. The maximum Gasteiger partial charge on any atom is 0.341 e. The molecule has 1 fully saturated rings. The van der Waals surface area contributed by atoms with Crippen molar-refractivity contribution in [2.24, 2.45) is 11.7 Å². The van der Waals surface area contributed by atoms with Gasteiger partial charge < -0.3 is 20.5 Å². The van der Waals surface area contributed by atoms with Gasteiger partial charge in [0.05, 0.1) is 25.0 Å². The number of nitrogens with zero attached hydrogens (tertiary/aromatic N) is 1. The number of benzene rings is 1. The van der Waals surface area contributed by atoms with Gasteiger partial charge in [-0.3, -0.25) is 4.79 Å². The van der Waals surface area contributed by atoms with Crippen molar-refractivity contribution in [2.75, 3.05) is 40.4 Å². The van der Waals surface area contributed by atoms with E-state index < -0.39 is 21.9 Å². The number of rotatable bonds is 7. The van der Waals surface area contributed by atoms with Crippen LogP contribution in [0.5, 0.6) is 5.75 Å². The number of ether oxygens (including phenoxy) is 2. The topological polar surface area (TPSA) is 128 Å². The zero-order valence-electron chi connectivity index (χ0n) is 15.8. The summed E-state index contributed by atoms with van der Waals surface area (Å²) >= 11 is 0. The van der Waals surface area contributed by atoms with Crippen molar-refractivity contribution in [3.05, 3.63) is 23.8 Å². The number of nitrogens with one attached hydrogen (secondary N) is 1. The zero-order chi connectivity index (χ0) is 20.0. The molecule has 3 N–H and O–H groups in total. The van der Waals surface area contributed by atoms with E-state index in [0.29, 0.717) is 32.5 Å². The Balaban J connectivity index is 0.00000392. The Morgan fingerprint density at radius 1 is 1.32 bits per heavy atom. The van der Waals surface area contributed by atoms with Crippen molar-refractivity contribution >= 4 is 34.3 Å². The molecular weight excluding hydrogens is 410 g/mol. The summed E-state index contributed by atoms with van der Waals surface area (Å²) in [7, 11) is -1.29. The van der Waals surface area contributed by atoms with E-state index >= 15 is 0 Å². The number of nitrogens with two attached hydrogens (primary N) is 1. The number of carbonyl (C=O) groups excluding carboxylic acids is 2. The molecular formula is C17H26ClN3O6S. The Hall–Kier alpha value is -1.88. The molecule has 0 aromatic heterocycles. The SMILES string of the molecule is COC(=O)c1cc(S(=O)(=O)N2CCCC(C(=O)NCCN)C2)ccc1OC.Cl. The third-order valence-corrected chi connectivity index (χ3v) is 6.27. The molecule has 1 aliphatic heterocycles. The molecule has 28 heavy (non-hydrogen) atoms. The number of piperidine rings is 1. The van der Waals surface area contributed by atoms with Gasteiger partial charge in [0.15, 0.2) is 0 Å². The first-order chi connectivity index (χ1) is 12.8. The summed E-state index contributed by atoms with van der Waals surface area (Å²) in [5.74, 6) is -1.11. The average Bonchev–Trinajstić information content (AvgIpc) is 2.70. The number of sulfonamides is 1. The van der Waals surface area contributed by atoms with Crippen molar-refractivity contribution in [2.45, 2.75) is 17.7 Å². The van der Waals surface area contributed by atoms with E-state index in [1.54, 1.807) is 0 Å². The smallest absolute Gasteiger partial charge is 0.341 e. The highest BCUT2D eigenvalue weighted by Crippen LogP contribution is 2.28. The standard InChI is InChI=1S/C17H25N3O6S.ClH/c1-25-15-6-5-13(10-14(15)17(22)26-2)27(23,24)20-9-3-4-12(11-20)16(21)19-8-7-18;/h5-6,10,12H,3-4,7-9,11,18H2,1-2H3,(H,19,21);1H. The first-order valence-electron chi connectivity index (χ1n) is 8.59. The van der Waals surface area contributed by atoms with Gasteiger partial charge in [-0.25, -0.2) is 13.2 Å². The van der Waals surface area contributed by atoms with E-state index in [1.165, 1.54) is 36.7 Å². The number of esters is 1. The Morgan fingerprint density at radius 2 is 2.04 bits per heavy atom. The fourth-order valence-corrected chi connectivity index (χ4v) is 4.53. The normalized spacial score (nSPS) is 17.3. The van der Waals surface area contributed by atoms with Gasteiger partial charge in [-0.2, -0.15) is 4.31 Å². The number of carbonyl (C=O) groups is 2. The van der Waals surface area contributed by atoms with Gasteiger partial charge in [0.2, 0.25) is 15.9 Å². The molecule has 0 spiro atoms. The molecule has 1 heterocycles. The molecule has 0 saturated carbocycles. The third-order valence-electron chi connectivity index (χ3n) is 4.41. The van der Waals surface area contributed by atoms with Crippen LogP contribution in [0, 0.1) is 5.92 Å². The molecule has 1 amide bonds. The lowest BCUT2D eigenvalue weighted by molar-refractivity contribution is -0.126. The molecule has 158 valence electrons. The van der Waals surface area contributed by atoms with Gasteiger partial charge in [0, 0.05) is 26.2 Å². The Bertz CT molecular complexity index is 802. The molecule has 0 aliphatic carbocycles. The van der Waals surface area contributed by atoms with Gasteiger partial charge in [-0.1, -0.05) is 0 Å². The second-order valence-corrected chi connectivity index (χ2v) is 8.07. The minimum atomic E-state index is -3.87. The summed E-state index contributed by atoms with van der Waals surface area (Å²) in [6.45, 7) is 1.06. The lowest BCUT2D eigenvalue weighted by Gasteiger charge is -2.31. The van der Waals surface area contributed by atoms with E-state index in [4.69, 9.17) is 10.5 Å². The summed E-state index contributed by atoms with van der Waals surface area (Å²) < 4.78 is 37.1. The van der Waals surface area contributed by atoms with Crippen molar-refractivity contribution in [3.8, 4) is 5.75 Å². The lowest BCUT2D eigenvalue weighted by atomic mass is 9.99. The molecule has 1 aliphatic rings. The highest BCUT2D eigenvalue weighted by atomic mass is 35.5. The molecule has 11 heteroatoms. The number of methoxy groups -OCH3 is 2. The predicted molar refractivity (Wildman–Crippen MR) is 105 cm³/mol. The van der Waals surface area contributed by atoms with Crippen molar-refractivity contribution in [3.63, 3.8) is 0 Å². The van der Waals surface area contributed by atoms with Crippen LogP contribution in [0.15, 0.2) is 23.1 Å². The van der Waals surface area contributed by atoms with Crippen LogP contribution in [-0.4, -0.2) is 65.0 Å². The van der Waals surface area contributed by atoms with Gasteiger partial charge in [-0.05, 0) is 31.0 Å². The Kier molecular flexibility index (Phi) is 9.15. The van der Waals surface area contributed by atoms with Crippen LogP contribution in [0.25, 0.3) is 0 Å². The van der Waals surface area contributed by atoms with Crippen molar-refractivity contribution < 1.29 is 27.5 Å². The van der Waals surface area contributed by atoms with E-state index in [9.17, 15) is 18.0 Å². The van der Waals surface area contributed by atoms with E-state index in [-0.39, 0.29) is 41.1 Å². The molecule has 1 aromatic carbocycles. The maximum atomic E-state index is 13.0. The summed E-state index contributed by atoms with van der Waals surface area (Å²) in [6.07, 6.45) is 1.18. The molecule has 1 atom stereocenters. The van der Waals surface area contributed by atoms with Gasteiger partial charge >= 0.3 is 5.97 Å². The van der Waals surface area contributed by atoms with E-state index in [0.717, 1.165) is 0 Å². The van der Waals surface area contributed by atoms with Crippen LogP contribution < -0.4 is 15.8 Å². The molecule has 1 unspecified atom stereocenters. The molecule has 1 saturated heterocycles. The minimum absolute atomic E-state index is 0. The maximum absolute atomic E-state index is 13.0. The molecule has 0 bridgehead atoms. The zero-order valence-corrected chi connectivity index (χ0v) is 17.5. The molecule has 9 nitrogen and oxygen atoms in total. The van der Waals surface area contributed by atoms with Gasteiger partial charge in [0.1, 0.15) is 11.3 Å². The number of halogens is 1. The van der Waals surface area contributed by atoms with Gasteiger partial charge in [-0.15, -0.1) is 12.4 Å². The number of amides is 1. The summed E-state index contributed by atoms with van der Waals surface area (Å²) in [4.78, 5) is 24.0. The number of hydrogen-bond acceptors (Lipinski definition) is 7. The third kappa shape index (κ3) is 5.34. The van der Waals surface area contributed by atoms with Crippen molar-refractivity contribution in [1.82, 2.24) is 9.62 Å². The largest absolute Gasteiger partial charge is 0.496 e. The minimum Gasteiger partial charge on any atom is -0.496 e. The fourth-order valence-electron chi connectivity index (χ4n) is 2.98. The second-order valence-electron chi connectivity index (χ2n) is 6.14. The van der Waals surface area contributed by atoms with Crippen molar-refractivity contribution in [1.29, 1.82) is 0 Å². The molecule has 2 rings (SSSR count). The highest BCUT2D eigenvalue weighted by molar-refractivity contribution is 7.89. The highest BCUT2D eigenvalue weighted by Gasteiger charge is 2.34. The monoisotopic (exact) mass is 435 g/mol. The van der Waals surface area contributed by atoms with Crippen LogP contribution in [0.4, 0.5) is 0 Å². The first-order valence-corrected chi connectivity index (χ1v) is 10.0. The molecule has 0 radical (unpaired) electrons.